The van der Waals surface area contributed by atoms with E-state index in [1.807, 2.05) is 5.32 Å². The Morgan fingerprint density at radius 3 is 2.48 bits per heavy atom. The van der Waals surface area contributed by atoms with Crippen LogP contribution in [-0.4, -0.2) is 67.7 Å². The molecule has 0 aliphatic carbocycles. The number of amides is 3. The number of quaternary nitrogens is 1. The van der Waals surface area contributed by atoms with Crippen molar-refractivity contribution in [3.63, 3.8) is 0 Å². The molecule has 11 heteroatoms. The molecule has 158 valence electrons. The summed E-state index contributed by atoms with van der Waals surface area (Å²) in [6.45, 7) is -3.84. The lowest BCUT2D eigenvalue weighted by Crippen LogP contribution is -2.88. The molecule has 0 saturated carbocycles. The van der Waals surface area contributed by atoms with E-state index in [-0.39, 0.29) is 24.4 Å². The van der Waals surface area contributed by atoms with Crippen LogP contribution in [0.3, 0.4) is 0 Å². The van der Waals surface area contributed by atoms with Crippen LogP contribution in [0.5, 0.6) is 0 Å². The van der Waals surface area contributed by atoms with Gasteiger partial charge in [-0.05, 0) is 12.1 Å². The Kier molecular flexibility index (Phi) is 7.63. The highest BCUT2D eigenvalue weighted by Crippen LogP contribution is 2.17. The molecule has 0 bridgehead atoms. The Bertz CT molecular complexity index is 821. The average Bonchev–Trinajstić information content (AvgIpc) is 2.72. The molecule has 7 nitrogen and oxygen atoms in total. The molecule has 1 fully saturated rings. The van der Waals surface area contributed by atoms with E-state index in [0.717, 1.165) is 0 Å². The van der Waals surface area contributed by atoms with Crippen LogP contribution in [0.4, 0.5) is 18.0 Å². The second-order valence-corrected chi connectivity index (χ2v) is 7.11. The Morgan fingerprint density at radius 1 is 1.28 bits per heavy atom. The van der Waals surface area contributed by atoms with Crippen LogP contribution < -0.4 is 16.4 Å². The second kappa shape index (κ2) is 9.75. The first-order valence-corrected chi connectivity index (χ1v) is 9.10. The summed E-state index contributed by atoms with van der Waals surface area (Å²) in [4.78, 5) is 25.6. The van der Waals surface area contributed by atoms with Gasteiger partial charge in [0.1, 0.15) is 36.8 Å². The zero-order chi connectivity index (χ0) is 21.6. The van der Waals surface area contributed by atoms with Gasteiger partial charge in [0.15, 0.2) is 0 Å². The zero-order valence-corrected chi connectivity index (χ0v) is 16.2. The van der Waals surface area contributed by atoms with Crippen molar-refractivity contribution in [3.05, 3.63) is 46.1 Å². The monoisotopic (exact) mass is 432 g/mol. The predicted octanol–water partition coefficient (Wildman–Crippen LogP) is 0.683. The molecule has 0 aromatic heterocycles. The van der Waals surface area contributed by atoms with Gasteiger partial charge in [-0.15, -0.1) is 0 Å². The minimum absolute atomic E-state index is 0.0995. The molecule has 0 radical (unpaired) electrons. The number of carbonyl (C=O) groups is 2. The third-order valence-electron chi connectivity index (χ3n) is 4.51. The van der Waals surface area contributed by atoms with Gasteiger partial charge in [0.2, 0.25) is 0 Å². The normalized spacial score (nSPS) is 16.3. The van der Waals surface area contributed by atoms with E-state index < -0.39 is 37.5 Å². The van der Waals surface area contributed by atoms with E-state index in [4.69, 9.17) is 22.7 Å². The van der Waals surface area contributed by atoms with Crippen molar-refractivity contribution in [3.8, 4) is 0 Å². The third-order valence-corrected chi connectivity index (χ3v) is 4.74. The summed E-state index contributed by atoms with van der Waals surface area (Å²) in [7, 11) is 0. The van der Waals surface area contributed by atoms with Crippen molar-refractivity contribution >= 4 is 29.3 Å². The maximum atomic E-state index is 13.0. The number of alkyl halides is 3. The van der Waals surface area contributed by atoms with Crippen LogP contribution >= 0.6 is 11.6 Å². The summed E-state index contributed by atoms with van der Waals surface area (Å²) in [5.41, 5.74) is 3.65. The molecule has 0 atom stereocenters. The molecule has 0 unspecified atom stereocenters. The van der Waals surface area contributed by atoms with Crippen molar-refractivity contribution in [2.45, 2.75) is 5.54 Å². The topological polar surface area (TPSA) is 116 Å². The fourth-order valence-electron chi connectivity index (χ4n) is 2.84. The van der Waals surface area contributed by atoms with Gasteiger partial charge in [-0.25, -0.2) is 18.0 Å². The van der Waals surface area contributed by atoms with Crippen LogP contribution in [0.2, 0.25) is 5.02 Å². The van der Waals surface area contributed by atoms with Crippen molar-refractivity contribution in [2.24, 2.45) is 5.73 Å². The lowest BCUT2D eigenvalue weighted by atomic mass is 9.99. The Balaban J connectivity index is 2.29. The molecule has 2 rings (SSSR count). The molecule has 1 aromatic carbocycles. The van der Waals surface area contributed by atoms with Gasteiger partial charge in [0.05, 0.1) is 25.3 Å². The molecule has 29 heavy (non-hydrogen) atoms. The first-order valence-electron chi connectivity index (χ1n) is 8.73. The highest BCUT2D eigenvalue weighted by molar-refractivity contribution is 6.32. The summed E-state index contributed by atoms with van der Waals surface area (Å²) in [6, 6.07) is 5.44. The molecular weight excluding hydrogens is 411 g/mol. The minimum atomic E-state index is -2.23. The fourth-order valence-corrected chi connectivity index (χ4v) is 3.03. The molecule has 3 amide bonds. The quantitative estimate of drug-likeness (QED) is 0.375. The Morgan fingerprint density at radius 2 is 1.93 bits per heavy atom. The number of rotatable bonds is 7. The number of primary amides is 1. The first kappa shape index (κ1) is 22.7. The number of urea groups is 1. The number of carbonyl (C=O) groups excluding carboxylic acids is 2. The number of hydrogen-bond donors (Lipinski definition) is 4. The van der Waals surface area contributed by atoms with E-state index in [1.54, 1.807) is 23.5 Å². The van der Waals surface area contributed by atoms with Crippen LogP contribution in [0.25, 0.3) is 0 Å². The maximum absolute atomic E-state index is 13.0. The average molecular weight is 433 g/mol. The van der Waals surface area contributed by atoms with Crippen LogP contribution in [0, 0.1) is 5.41 Å². The third kappa shape index (κ3) is 5.27. The van der Waals surface area contributed by atoms with E-state index in [9.17, 15) is 22.8 Å². The molecule has 6 N–H and O–H groups in total. The smallest absolute Gasteiger partial charge is 0.318 e. The van der Waals surface area contributed by atoms with E-state index >= 15 is 0 Å². The Hall–Kier alpha value is -2.59. The van der Waals surface area contributed by atoms with Gasteiger partial charge in [-0.3, -0.25) is 10.2 Å². The number of piperazine rings is 1. The molecule has 1 aliphatic rings. The maximum Gasteiger partial charge on any atom is 0.318 e. The van der Waals surface area contributed by atoms with Gasteiger partial charge in [0, 0.05) is 10.6 Å². The molecule has 1 aromatic rings. The van der Waals surface area contributed by atoms with E-state index in [0.29, 0.717) is 22.8 Å². The van der Waals surface area contributed by atoms with Gasteiger partial charge in [-0.2, -0.15) is 0 Å². The summed E-state index contributed by atoms with van der Waals surface area (Å²) < 4.78 is 39.1. The summed E-state index contributed by atoms with van der Waals surface area (Å²) in [5.74, 6) is -0.867. The van der Waals surface area contributed by atoms with Gasteiger partial charge >= 0.3 is 6.03 Å². The number of nitrogens with one attached hydrogen (secondary N) is 2. The molecule has 1 aliphatic heterocycles. The standard InChI is InChI=1S/C18H21ClF3N5O2/c19-12-3-1-2-11(6-12)15(23)14(16(24)28)13-7-27(5-4-25-13)17(29)26-18(8-20,9-21)10-22/h1-3,6,23,25H,4-5,7-10H2,(H2,24,28)(H,26,29)/p+1/b14-13+,23-15?. The zero-order valence-electron chi connectivity index (χ0n) is 15.5. The second-order valence-electron chi connectivity index (χ2n) is 6.68. The van der Waals surface area contributed by atoms with Gasteiger partial charge in [-0.1, -0.05) is 23.7 Å². The van der Waals surface area contributed by atoms with E-state index in [1.165, 1.54) is 11.0 Å². The van der Waals surface area contributed by atoms with E-state index in [2.05, 4.69) is 0 Å². The van der Waals surface area contributed by atoms with Crippen LogP contribution in [0.15, 0.2) is 35.5 Å². The number of benzene rings is 1. The first-order chi connectivity index (χ1) is 13.8. The van der Waals surface area contributed by atoms with Crippen molar-refractivity contribution < 1.29 is 28.1 Å². The fraction of sp³-hybridized carbons (Fsp3) is 0.389. The molecule has 0 spiro atoms. The summed E-state index contributed by atoms with van der Waals surface area (Å²) in [6.07, 6.45) is 0. The number of hydrogen-bond acceptors (Lipinski definition) is 3. The number of nitrogens with zero attached hydrogens (tertiary/aromatic N) is 1. The van der Waals surface area contributed by atoms with Crippen LogP contribution in [0.1, 0.15) is 5.56 Å². The molecule has 1 heterocycles. The SMILES string of the molecule is N=C(/C(C(N)=O)=C1/CN(C(=O)NC(CF)(CF)CF)CC[NH2+]1)c1cccc(Cl)c1. The van der Waals surface area contributed by atoms with Crippen molar-refractivity contribution in [1.82, 2.24) is 10.2 Å². The highest BCUT2D eigenvalue weighted by Gasteiger charge is 2.36. The number of halogens is 4. The molecule has 1 saturated heterocycles. The largest absolute Gasteiger partial charge is 0.365 e. The summed E-state index contributed by atoms with van der Waals surface area (Å²) >= 11 is 5.94. The molecular formula is C18H22ClF3N5O2+. The van der Waals surface area contributed by atoms with Crippen LogP contribution in [-0.2, 0) is 4.79 Å². The minimum Gasteiger partial charge on any atom is -0.365 e. The highest BCUT2D eigenvalue weighted by atomic mass is 35.5. The Labute approximate surface area is 170 Å². The predicted molar refractivity (Wildman–Crippen MR) is 102 cm³/mol. The summed E-state index contributed by atoms with van der Waals surface area (Å²) in [5, 5.41) is 12.4. The van der Waals surface area contributed by atoms with Gasteiger partial charge in [0.25, 0.3) is 5.91 Å². The van der Waals surface area contributed by atoms with Gasteiger partial charge < -0.3 is 21.3 Å². The lowest BCUT2D eigenvalue weighted by molar-refractivity contribution is -0.615. The van der Waals surface area contributed by atoms with Crippen molar-refractivity contribution in [2.75, 3.05) is 39.7 Å². The number of nitrogens with two attached hydrogens (primary N) is 2. The lowest BCUT2D eigenvalue weighted by Gasteiger charge is -2.32. The van der Waals surface area contributed by atoms with Crippen molar-refractivity contribution in [1.29, 1.82) is 5.41 Å².